The first-order chi connectivity index (χ1) is 13.6. The van der Waals surface area contributed by atoms with Crippen molar-refractivity contribution in [3.8, 4) is 0 Å². The maximum atomic E-state index is 12.7. The van der Waals surface area contributed by atoms with Gasteiger partial charge in [0.15, 0.2) is 0 Å². The highest BCUT2D eigenvalue weighted by atomic mass is 32.2. The third-order valence-electron chi connectivity index (χ3n) is 4.48. The van der Waals surface area contributed by atoms with Crippen LogP contribution >= 0.6 is 11.8 Å². The Labute approximate surface area is 165 Å². The first-order valence-electron chi connectivity index (χ1n) is 8.55. The van der Waals surface area contributed by atoms with Crippen molar-refractivity contribution < 1.29 is 18.8 Å². The monoisotopic (exact) mass is 392 g/mol. The normalized spacial score (nSPS) is 13.0. The molecule has 0 saturated carbocycles. The van der Waals surface area contributed by atoms with Crippen molar-refractivity contribution in [1.82, 2.24) is 4.90 Å². The van der Waals surface area contributed by atoms with Crippen LogP contribution in [0.1, 0.15) is 36.8 Å². The van der Waals surface area contributed by atoms with Gasteiger partial charge in [0.05, 0.1) is 29.6 Å². The highest BCUT2D eigenvalue weighted by molar-refractivity contribution is 7.98. The lowest BCUT2D eigenvalue weighted by Crippen LogP contribution is -2.28. The predicted octanol–water partition coefficient (Wildman–Crippen LogP) is 4.05. The molecule has 2 heterocycles. The van der Waals surface area contributed by atoms with Crippen molar-refractivity contribution in [2.24, 2.45) is 0 Å². The van der Waals surface area contributed by atoms with Gasteiger partial charge in [-0.1, -0.05) is 12.1 Å². The summed E-state index contributed by atoms with van der Waals surface area (Å²) in [5, 5.41) is 2.86. The highest BCUT2D eigenvalue weighted by Crippen LogP contribution is 2.28. The summed E-state index contributed by atoms with van der Waals surface area (Å²) in [6, 6.07) is 15.4. The molecule has 1 aliphatic heterocycles. The van der Waals surface area contributed by atoms with E-state index in [-0.39, 0.29) is 23.6 Å². The first-order valence-corrected chi connectivity index (χ1v) is 9.78. The summed E-state index contributed by atoms with van der Waals surface area (Å²) < 4.78 is 5.23. The van der Waals surface area contributed by atoms with Gasteiger partial charge in [0.1, 0.15) is 5.76 Å². The third kappa shape index (κ3) is 3.20. The van der Waals surface area contributed by atoms with E-state index >= 15 is 0 Å². The summed E-state index contributed by atoms with van der Waals surface area (Å²) in [5.74, 6) is -0.651. The summed E-state index contributed by atoms with van der Waals surface area (Å²) in [6.07, 6.45) is 3.42. The number of nitrogens with zero attached hydrogens (tertiary/aromatic N) is 1. The molecule has 2 aromatic carbocycles. The van der Waals surface area contributed by atoms with Gasteiger partial charge < -0.3 is 9.73 Å². The van der Waals surface area contributed by atoms with E-state index in [0.29, 0.717) is 17.0 Å². The minimum absolute atomic E-state index is 0.0575. The summed E-state index contributed by atoms with van der Waals surface area (Å²) in [6.45, 7) is 0.0575. The number of thioether (sulfide) groups is 1. The zero-order valence-corrected chi connectivity index (χ0v) is 15.8. The smallest absolute Gasteiger partial charge is 0.261 e. The number of fused-ring (bicyclic) bond motifs is 1. The predicted molar refractivity (Wildman–Crippen MR) is 106 cm³/mol. The van der Waals surface area contributed by atoms with Crippen LogP contribution in [0.3, 0.4) is 0 Å². The lowest BCUT2D eigenvalue weighted by molar-refractivity contribution is 0.0631. The van der Waals surface area contributed by atoms with E-state index in [2.05, 4.69) is 5.32 Å². The molecule has 1 aromatic heterocycles. The lowest BCUT2D eigenvalue weighted by Gasteiger charge is -2.11. The van der Waals surface area contributed by atoms with Crippen molar-refractivity contribution in [1.29, 1.82) is 0 Å². The Bertz CT molecular complexity index is 1080. The van der Waals surface area contributed by atoms with Gasteiger partial charge in [0, 0.05) is 10.5 Å². The topological polar surface area (TPSA) is 79.6 Å². The Morgan fingerprint density at radius 1 is 1.04 bits per heavy atom. The number of benzene rings is 2. The van der Waals surface area contributed by atoms with Gasteiger partial charge in [-0.2, -0.15) is 0 Å². The van der Waals surface area contributed by atoms with Gasteiger partial charge in [-0.05, 0) is 48.7 Å². The van der Waals surface area contributed by atoms with E-state index in [9.17, 15) is 14.4 Å². The third-order valence-corrected chi connectivity index (χ3v) is 5.28. The van der Waals surface area contributed by atoms with Crippen LogP contribution in [0.5, 0.6) is 0 Å². The standard InChI is InChI=1S/C21H16N2O4S/c1-28-18-7-3-2-6-17(18)22-19(24)13-8-9-15-16(11-13)21(26)23(20(15)25)12-14-5-4-10-27-14/h2-11H,12H2,1H3,(H,22,24). The minimum atomic E-state index is -0.435. The van der Waals surface area contributed by atoms with Crippen LogP contribution in [0.4, 0.5) is 5.69 Å². The Kier molecular flexibility index (Phi) is 4.75. The van der Waals surface area contributed by atoms with E-state index in [1.807, 2.05) is 30.5 Å². The largest absolute Gasteiger partial charge is 0.467 e. The van der Waals surface area contributed by atoms with Crippen LogP contribution in [-0.2, 0) is 6.54 Å². The molecule has 0 aliphatic carbocycles. The Hall–Kier alpha value is -3.32. The molecule has 0 bridgehead atoms. The van der Waals surface area contributed by atoms with E-state index in [0.717, 1.165) is 9.80 Å². The Balaban J connectivity index is 1.58. The number of hydrogen-bond acceptors (Lipinski definition) is 5. The molecule has 7 heteroatoms. The zero-order valence-electron chi connectivity index (χ0n) is 15.0. The van der Waals surface area contributed by atoms with Gasteiger partial charge in [-0.25, -0.2) is 0 Å². The lowest BCUT2D eigenvalue weighted by atomic mass is 10.1. The summed E-state index contributed by atoms with van der Waals surface area (Å²) in [7, 11) is 0. The fourth-order valence-electron chi connectivity index (χ4n) is 3.08. The number of nitrogens with one attached hydrogen (secondary N) is 1. The van der Waals surface area contributed by atoms with Gasteiger partial charge in [-0.3, -0.25) is 19.3 Å². The highest BCUT2D eigenvalue weighted by Gasteiger charge is 2.36. The average molecular weight is 392 g/mol. The second-order valence-corrected chi connectivity index (χ2v) is 7.04. The quantitative estimate of drug-likeness (QED) is 0.523. The molecule has 6 nitrogen and oxygen atoms in total. The molecule has 4 rings (SSSR count). The number of carbonyl (C=O) groups is 3. The molecule has 3 aromatic rings. The minimum Gasteiger partial charge on any atom is -0.467 e. The van der Waals surface area contributed by atoms with E-state index in [1.54, 1.807) is 18.2 Å². The molecule has 28 heavy (non-hydrogen) atoms. The van der Waals surface area contributed by atoms with Crippen molar-refractivity contribution in [2.75, 3.05) is 11.6 Å². The van der Waals surface area contributed by atoms with E-state index < -0.39 is 11.8 Å². The molecule has 0 radical (unpaired) electrons. The van der Waals surface area contributed by atoms with Gasteiger partial charge >= 0.3 is 0 Å². The molecule has 140 valence electrons. The fourth-order valence-corrected chi connectivity index (χ4v) is 3.63. The zero-order chi connectivity index (χ0) is 19.7. The van der Waals surface area contributed by atoms with Crippen molar-refractivity contribution in [3.05, 3.63) is 83.3 Å². The van der Waals surface area contributed by atoms with Crippen LogP contribution in [0.15, 0.2) is 70.2 Å². The molecule has 3 amide bonds. The number of rotatable bonds is 5. The van der Waals surface area contributed by atoms with Crippen LogP contribution in [0.25, 0.3) is 0 Å². The number of amides is 3. The molecule has 1 N–H and O–H groups in total. The second-order valence-electron chi connectivity index (χ2n) is 6.19. The van der Waals surface area contributed by atoms with Crippen LogP contribution in [0.2, 0.25) is 0 Å². The van der Waals surface area contributed by atoms with Gasteiger partial charge in [0.2, 0.25) is 0 Å². The number of para-hydroxylation sites is 1. The van der Waals surface area contributed by atoms with Crippen LogP contribution < -0.4 is 5.32 Å². The molecule has 0 spiro atoms. The number of imide groups is 1. The van der Waals surface area contributed by atoms with Crippen LogP contribution in [0, 0.1) is 0 Å². The fraction of sp³-hybridized carbons (Fsp3) is 0.0952. The molecule has 0 fully saturated rings. The molecule has 0 saturated heterocycles. The summed E-state index contributed by atoms with van der Waals surface area (Å²) in [5.41, 5.74) is 1.53. The Morgan fingerprint density at radius 3 is 2.57 bits per heavy atom. The van der Waals surface area contributed by atoms with E-state index in [1.165, 1.54) is 30.2 Å². The number of furan rings is 1. The maximum absolute atomic E-state index is 12.7. The average Bonchev–Trinajstić information content (AvgIpc) is 3.31. The molecule has 1 aliphatic rings. The molecular formula is C21H16N2O4S. The second kappa shape index (κ2) is 7.36. The maximum Gasteiger partial charge on any atom is 0.261 e. The van der Waals surface area contributed by atoms with Gasteiger partial charge in [-0.15, -0.1) is 11.8 Å². The number of carbonyl (C=O) groups excluding carboxylic acids is 3. The first kappa shape index (κ1) is 18.1. The van der Waals surface area contributed by atoms with Crippen molar-refractivity contribution in [3.63, 3.8) is 0 Å². The number of anilines is 1. The van der Waals surface area contributed by atoms with E-state index in [4.69, 9.17) is 4.42 Å². The van der Waals surface area contributed by atoms with Crippen molar-refractivity contribution in [2.45, 2.75) is 11.4 Å². The molecule has 0 atom stereocenters. The van der Waals surface area contributed by atoms with Gasteiger partial charge in [0.25, 0.3) is 17.7 Å². The summed E-state index contributed by atoms with van der Waals surface area (Å²) in [4.78, 5) is 40.0. The number of hydrogen-bond donors (Lipinski definition) is 1. The van der Waals surface area contributed by atoms with Crippen molar-refractivity contribution >= 4 is 35.2 Å². The SMILES string of the molecule is CSc1ccccc1NC(=O)c1ccc2c(c1)C(=O)N(Cc1ccco1)C2=O. The summed E-state index contributed by atoms with van der Waals surface area (Å²) >= 11 is 1.53. The molecule has 0 unspecified atom stereocenters. The van der Waals surface area contributed by atoms with Crippen LogP contribution in [-0.4, -0.2) is 28.9 Å². The Morgan fingerprint density at radius 2 is 1.82 bits per heavy atom. The molecular weight excluding hydrogens is 376 g/mol.